The van der Waals surface area contributed by atoms with Gasteiger partial charge in [0, 0.05) is 7.11 Å². The molecule has 0 aliphatic heterocycles. The second-order valence-electron chi connectivity index (χ2n) is 3.12. The summed E-state index contributed by atoms with van der Waals surface area (Å²) in [6.07, 6.45) is 2.56. The SMILES string of the molecule is COC[C@H](C)Oc1cnc(C(=O)OC)cn1. The average molecular weight is 226 g/mol. The van der Waals surface area contributed by atoms with E-state index in [-0.39, 0.29) is 11.8 Å². The van der Waals surface area contributed by atoms with Crippen molar-refractivity contribution in [3.63, 3.8) is 0 Å². The number of rotatable bonds is 5. The molecule has 0 aliphatic rings. The van der Waals surface area contributed by atoms with E-state index in [2.05, 4.69) is 14.7 Å². The first-order valence-electron chi connectivity index (χ1n) is 4.73. The van der Waals surface area contributed by atoms with Crippen LogP contribution in [-0.2, 0) is 9.47 Å². The van der Waals surface area contributed by atoms with E-state index in [9.17, 15) is 4.79 Å². The number of esters is 1. The number of aromatic nitrogens is 2. The fourth-order valence-electron chi connectivity index (χ4n) is 1.06. The van der Waals surface area contributed by atoms with Crippen LogP contribution in [-0.4, -0.2) is 42.9 Å². The van der Waals surface area contributed by atoms with Gasteiger partial charge in [-0.3, -0.25) is 0 Å². The molecular formula is C10H14N2O4. The number of ether oxygens (including phenoxy) is 3. The highest BCUT2D eigenvalue weighted by molar-refractivity contribution is 5.86. The Morgan fingerprint density at radius 3 is 2.62 bits per heavy atom. The second-order valence-corrected chi connectivity index (χ2v) is 3.12. The van der Waals surface area contributed by atoms with E-state index in [0.717, 1.165) is 0 Å². The first kappa shape index (κ1) is 12.4. The molecule has 6 heteroatoms. The highest BCUT2D eigenvalue weighted by Gasteiger charge is 2.09. The van der Waals surface area contributed by atoms with E-state index < -0.39 is 5.97 Å². The van der Waals surface area contributed by atoms with Crippen LogP contribution in [0.4, 0.5) is 0 Å². The zero-order valence-corrected chi connectivity index (χ0v) is 9.47. The molecule has 0 unspecified atom stereocenters. The predicted molar refractivity (Wildman–Crippen MR) is 55.3 cm³/mol. The van der Waals surface area contributed by atoms with Crippen LogP contribution >= 0.6 is 0 Å². The molecule has 1 aromatic rings. The Hall–Kier alpha value is -1.69. The van der Waals surface area contributed by atoms with Crippen LogP contribution in [0.1, 0.15) is 17.4 Å². The number of nitrogens with zero attached hydrogens (tertiary/aromatic N) is 2. The minimum atomic E-state index is -0.524. The van der Waals surface area contributed by atoms with Gasteiger partial charge < -0.3 is 14.2 Å². The molecule has 0 bridgehead atoms. The lowest BCUT2D eigenvalue weighted by molar-refractivity contribution is 0.0592. The topological polar surface area (TPSA) is 70.5 Å². The number of hydrogen-bond donors (Lipinski definition) is 0. The van der Waals surface area contributed by atoms with Crippen molar-refractivity contribution >= 4 is 5.97 Å². The predicted octanol–water partition coefficient (Wildman–Crippen LogP) is 0.677. The van der Waals surface area contributed by atoms with Crippen molar-refractivity contribution in [2.75, 3.05) is 20.8 Å². The van der Waals surface area contributed by atoms with Crippen LogP contribution in [0.25, 0.3) is 0 Å². The van der Waals surface area contributed by atoms with Gasteiger partial charge in [-0.1, -0.05) is 0 Å². The third-order valence-electron chi connectivity index (χ3n) is 1.75. The molecule has 0 spiro atoms. The largest absolute Gasteiger partial charge is 0.471 e. The lowest BCUT2D eigenvalue weighted by Gasteiger charge is -2.12. The summed E-state index contributed by atoms with van der Waals surface area (Å²) in [5.41, 5.74) is 0.147. The van der Waals surface area contributed by atoms with Gasteiger partial charge >= 0.3 is 5.97 Å². The standard InChI is InChI=1S/C10H14N2O4/c1-7(6-14-2)16-9-5-11-8(4-12-9)10(13)15-3/h4-5,7H,6H2,1-3H3/t7-/m0/s1. The maximum absolute atomic E-state index is 11.1. The zero-order chi connectivity index (χ0) is 12.0. The Bertz CT molecular complexity index is 339. The van der Waals surface area contributed by atoms with Crippen LogP contribution in [0.5, 0.6) is 5.88 Å². The monoisotopic (exact) mass is 226 g/mol. The van der Waals surface area contributed by atoms with Crippen molar-refractivity contribution in [1.82, 2.24) is 9.97 Å². The summed E-state index contributed by atoms with van der Waals surface area (Å²) >= 11 is 0. The van der Waals surface area contributed by atoms with Crippen LogP contribution in [0, 0.1) is 0 Å². The van der Waals surface area contributed by atoms with Crippen molar-refractivity contribution in [2.24, 2.45) is 0 Å². The van der Waals surface area contributed by atoms with Crippen molar-refractivity contribution in [1.29, 1.82) is 0 Å². The smallest absolute Gasteiger partial charge is 0.358 e. The molecule has 1 aromatic heterocycles. The Kier molecular flexibility index (Phi) is 4.65. The average Bonchev–Trinajstić information content (AvgIpc) is 2.29. The first-order valence-corrected chi connectivity index (χ1v) is 4.73. The maximum atomic E-state index is 11.1. The molecule has 1 heterocycles. The molecule has 16 heavy (non-hydrogen) atoms. The fraction of sp³-hybridized carbons (Fsp3) is 0.500. The molecule has 1 atom stereocenters. The summed E-state index contributed by atoms with van der Waals surface area (Å²) in [7, 11) is 2.88. The number of carbonyl (C=O) groups is 1. The Balaban J connectivity index is 2.61. The van der Waals surface area contributed by atoms with Gasteiger partial charge in [0.25, 0.3) is 0 Å². The van der Waals surface area contributed by atoms with E-state index in [1.54, 1.807) is 7.11 Å². The normalized spacial score (nSPS) is 11.9. The maximum Gasteiger partial charge on any atom is 0.358 e. The number of methoxy groups -OCH3 is 2. The lowest BCUT2D eigenvalue weighted by Crippen LogP contribution is -2.19. The van der Waals surface area contributed by atoms with Crippen molar-refractivity contribution in [3.05, 3.63) is 18.1 Å². The van der Waals surface area contributed by atoms with E-state index in [1.807, 2.05) is 6.92 Å². The highest BCUT2D eigenvalue weighted by atomic mass is 16.5. The molecule has 0 aliphatic carbocycles. The molecule has 1 rings (SSSR count). The summed E-state index contributed by atoms with van der Waals surface area (Å²) in [6, 6.07) is 0. The molecule has 0 N–H and O–H groups in total. The van der Waals surface area contributed by atoms with Crippen LogP contribution in [0.15, 0.2) is 12.4 Å². The molecule has 0 aromatic carbocycles. The molecule has 0 saturated heterocycles. The molecule has 0 saturated carbocycles. The van der Waals surface area contributed by atoms with Gasteiger partial charge in [-0.05, 0) is 6.92 Å². The fourth-order valence-corrected chi connectivity index (χ4v) is 1.06. The third kappa shape index (κ3) is 3.47. The summed E-state index contributed by atoms with van der Waals surface area (Å²) < 4.78 is 14.8. The number of hydrogen-bond acceptors (Lipinski definition) is 6. The first-order chi connectivity index (χ1) is 7.67. The number of carbonyl (C=O) groups excluding carboxylic acids is 1. The Labute approximate surface area is 93.6 Å². The minimum absolute atomic E-state index is 0.122. The van der Waals surface area contributed by atoms with E-state index in [0.29, 0.717) is 12.5 Å². The lowest BCUT2D eigenvalue weighted by atomic mass is 10.4. The van der Waals surface area contributed by atoms with Crippen LogP contribution in [0.2, 0.25) is 0 Å². The van der Waals surface area contributed by atoms with Crippen LogP contribution in [0.3, 0.4) is 0 Å². The molecular weight excluding hydrogens is 212 g/mol. The van der Waals surface area contributed by atoms with Crippen molar-refractivity contribution < 1.29 is 19.0 Å². The van der Waals surface area contributed by atoms with Crippen LogP contribution < -0.4 is 4.74 Å². The van der Waals surface area contributed by atoms with Gasteiger partial charge in [-0.15, -0.1) is 0 Å². The third-order valence-corrected chi connectivity index (χ3v) is 1.75. The zero-order valence-electron chi connectivity index (χ0n) is 9.47. The highest BCUT2D eigenvalue weighted by Crippen LogP contribution is 2.07. The molecule has 0 fully saturated rings. The summed E-state index contributed by atoms with van der Waals surface area (Å²) in [5, 5.41) is 0. The van der Waals surface area contributed by atoms with Crippen molar-refractivity contribution in [3.8, 4) is 5.88 Å². The summed E-state index contributed by atoms with van der Waals surface area (Å²) in [4.78, 5) is 18.9. The van der Waals surface area contributed by atoms with E-state index in [4.69, 9.17) is 9.47 Å². The molecule has 0 radical (unpaired) electrons. The molecule has 6 nitrogen and oxygen atoms in total. The Morgan fingerprint density at radius 1 is 1.38 bits per heavy atom. The van der Waals surface area contributed by atoms with E-state index in [1.165, 1.54) is 19.5 Å². The van der Waals surface area contributed by atoms with E-state index >= 15 is 0 Å². The van der Waals surface area contributed by atoms with Crippen molar-refractivity contribution in [2.45, 2.75) is 13.0 Å². The summed E-state index contributed by atoms with van der Waals surface area (Å²) in [6.45, 7) is 2.31. The molecule has 88 valence electrons. The minimum Gasteiger partial charge on any atom is -0.471 e. The van der Waals surface area contributed by atoms with Gasteiger partial charge in [0.15, 0.2) is 5.69 Å². The Morgan fingerprint density at radius 2 is 2.12 bits per heavy atom. The van der Waals surface area contributed by atoms with Gasteiger partial charge in [-0.2, -0.15) is 0 Å². The van der Waals surface area contributed by atoms with Gasteiger partial charge in [0.05, 0.1) is 26.1 Å². The summed E-state index contributed by atoms with van der Waals surface area (Å²) in [5.74, 6) is -0.179. The van der Waals surface area contributed by atoms with Gasteiger partial charge in [0.2, 0.25) is 5.88 Å². The second kappa shape index (κ2) is 6.02. The van der Waals surface area contributed by atoms with Gasteiger partial charge in [-0.25, -0.2) is 14.8 Å². The van der Waals surface area contributed by atoms with Gasteiger partial charge in [0.1, 0.15) is 6.10 Å². The molecule has 0 amide bonds. The quantitative estimate of drug-likeness (QED) is 0.687.